The number of nitrogens with two attached hydrogens (primary N) is 3. The van der Waals surface area contributed by atoms with Crippen LogP contribution in [0.25, 0.3) is 0 Å². The first kappa shape index (κ1) is 131. The summed E-state index contributed by atoms with van der Waals surface area (Å²) in [5.74, 6) is -0.437. The number of methoxy groups -OCH3 is 1. The van der Waals surface area contributed by atoms with Gasteiger partial charge >= 0.3 is 53.0 Å². The van der Waals surface area contributed by atoms with Crippen molar-refractivity contribution in [2.75, 3.05) is 39.8 Å². The Morgan fingerprint density at radius 1 is 0.510 bits per heavy atom. The largest absolute Gasteiger partial charge is 1.00 e. The van der Waals surface area contributed by atoms with Gasteiger partial charge in [-0.3, -0.25) is 46.5 Å². The molecule has 147 heavy (non-hydrogen) atoms. The predicted molar refractivity (Wildman–Crippen MR) is 570 cm³/mol. The number of esters is 1. The summed E-state index contributed by atoms with van der Waals surface area (Å²) in [6.45, 7) is 15.9. The van der Waals surface area contributed by atoms with Gasteiger partial charge in [-0.2, -0.15) is 18.6 Å². The Hall–Kier alpha value is -7.79. The Balaban J connectivity index is 0.000000357. The maximum atomic E-state index is 12.9. The number of aryl methyl sites for hydroxylation is 1. The molecule has 31 nitrogen and oxygen atoms in total. The number of carbonyl (C=O) groups excluding carboxylic acids is 6. The summed E-state index contributed by atoms with van der Waals surface area (Å²) < 4.78 is 240. The van der Waals surface area contributed by atoms with Gasteiger partial charge in [-0.25, -0.2) is 74.9 Å². The molecule has 1 unspecified atom stereocenters. The number of benzene rings is 10. The van der Waals surface area contributed by atoms with Crippen LogP contribution >= 0.6 is 95.6 Å². The van der Waals surface area contributed by atoms with Crippen LogP contribution < -0.4 is 61.5 Å². The van der Waals surface area contributed by atoms with Crippen molar-refractivity contribution in [3.63, 3.8) is 0 Å². The number of nitrogens with zero attached hydrogens (tertiary/aromatic N) is 2. The zero-order chi connectivity index (χ0) is 110. The fraction of sp³-hybridized carbons (Fsp3) is 0.260. The van der Waals surface area contributed by atoms with Crippen molar-refractivity contribution >= 4 is 215 Å². The zero-order valence-electron chi connectivity index (χ0n) is 81.1. The van der Waals surface area contributed by atoms with Crippen LogP contribution in [-0.2, 0) is 131 Å². The number of rotatable bonds is 29. The van der Waals surface area contributed by atoms with E-state index in [-0.39, 0.29) is 116 Å². The van der Waals surface area contributed by atoms with E-state index in [0.29, 0.717) is 102 Å². The van der Waals surface area contributed by atoms with Crippen molar-refractivity contribution < 1.29 is 158 Å². The molecule has 0 amide bonds. The van der Waals surface area contributed by atoms with E-state index in [2.05, 4.69) is 115 Å². The van der Waals surface area contributed by atoms with Gasteiger partial charge in [0.05, 0.1) is 47.7 Å². The average Bonchev–Trinajstić information content (AvgIpc) is 1.61. The van der Waals surface area contributed by atoms with Crippen molar-refractivity contribution in [3.8, 4) is 0 Å². The van der Waals surface area contributed by atoms with Gasteiger partial charge in [-0.05, 0) is 277 Å². The third-order valence-corrected chi connectivity index (χ3v) is 32.1. The third-order valence-electron chi connectivity index (χ3n) is 20.6. The van der Waals surface area contributed by atoms with Gasteiger partial charge in [0.2, 0.25) is 45.7 Å². The summed E-state index contributed by atoms with van der Waals surface area (Å²) in [5, 5.41) is 10.7. The molecule has 10 aromatic carbocycles. The van der Waals surface area contributed by atoms with E-state index in [4.69, 9.17) is 24.1 Å². The van der Waals surface area contributed by atoms with Crippen molar-refractivity contribution in [1.29, 1.82) is 0 Å². The maximum absolute atomic E-state index is 12.9. The molecule has 0 bridgehead atoms. The van der Waals surface area contributed by atoms with Crippen molar-refractivity contribution in [1.82, 2.24) is 13.6 Å². The molecule has 12 rings (SSSR count). The van der Waals surface area contributed by atoms with E-state index in [9.17, 15) is 111 Å². The van der Waals surface area contributed by atoms with Gasteiger partial charge in [0.15, 0.2) is 28.9 Å². The number of hydrogen-bond donors (Lipinski definition) is 5. The fourth-order valence-corrected chi connectivity index (χ4v) is 19.9. The first-order chi connectivity index (χ1) is 67.5. The minimum absolute atomic E-state index is 0. The molecular weight excluding hydrogens is 2470 g/mol. The minimum atomic E-state index is -4.38. The topological polar surface area (TPSA) is 503 Å². The molecule has 2 heterocycles. The molecule has 0 radical (unpaired) electrons. The number of primary sulfonamides is 2. The summed E-state index contributed by atoms with van der Waals surface area (Å²) in [7, 11) is -12.7. The summed E-state index contributed by atoms with van der Waals surface area (Å²) in [6.07, 6.45) is 1.73. The number of sulfonamides is 4. The van der Waals surface area contributed by atoms with Gasteiger partial charge < -0.3 is 23.2 Å². The van der Waals surface area contributed by atoms with E-state index in [1.54, 1.807) is 61.8 Å². The Bertz CT molecular complexity index is 7100. The number of nitrogens with one attached hydrogen (secondary N) is 1. The van der Waals surface area contributed by atoms with Gasteiger partial charge in [0.25, 0.3) is 0 Å². The maximum Gasteiger partial charge on any atom is 1.00 e. The molecule has 1 saturated heterocycles. The van der Waals surface area contributed by atoms with Crippen LogP contribution in [0.4, 0.5) is 22.0 Å². The Labute approximate surface area is 928 Å². The van der Waals surface area contributed by atoms with Gasteiger partial charge in [-0.1, -0.05) is 144 Å². The number of pyridine rings is 1. The van der Waals surface area contributed by atoms with E-state index in [0.717, 1.165) is 30.7 Å². The molecule has 0 aliphatic carbocycles. The molecule has 11 aromatic rings. The molecule has 0 saturated carbocycles. The Morgan fingerprint density at radius 3 is 1.02 bits per heavy atom. The minimum Gasteiger partial charge on any atom is -0.772 e. The predicted octanol–water partition coefficient (Wildman–Crippen LogP) is 13.5. The van der Waals surface area contributed by atoms with Crippen LogP contribution in [0.5, 0.6) is 0 Å². The van der Waals surface area contributed by atoms with Crippen LogP contribution in [0, 0.1) is 29.1 Å². The molecule has 1 fully saturated rings. The standard InChI is InChI=1S/C19H32BNO4S.C16H15BrFNO3S.C15H13BrFNO3S.C14H9Br2FO.2C14H11BrFNO3S.C4H8O4S.H3NO4S.Na/c1-13(12-26(23)17(2,3)4)14-10-16(22)21(9)11-15(14)20-24-18(5,6)19(7,8)25-20;1-19(2)23(21,22)10-11-3-8-14(15(17)9-11)16(20)12-4-6-13(18)7-5-12;1-18-22(20,21)9-10-2-7-13(14(16)8-10)15(19)11-3-5-12(17)6-4-11;15-8-9-1-6-12(13(16)7-9)14(18)10-2-4-11(17)5-3-10;2*15-13-7-9(8-21(17,19)20)1-6-12(13)14(18)10-2-4-11(16)5-3-10;1-8-4(5)2-3-9(6)7;1-5-6(2,3)4;/h10-11,13H,12H2,1-9H3;3-9H,10H2,1-2H3;2-8,18H,9H2,1H3;1-7H,8H2;2*1-7H,8H2,(H2,17,19,20);2-3H2,1H3,(H,6,7);1H2,(H,2,3,4);/q;;;;;;;;+1/p-1/t13-,26-;;;;;;;;/m1......../s1. The second-order valence-electron chi connectivity index (χ2n) is 33.6. The number of aromatic nitrogens is 1. The van der Waals surface area contributed by atoms with Gasteiger partial charge in [0, 0.05) is 149 Å². The number of carbonyl (C=O) groups is 6. The van der Waals surface area contributed by atoms with Gasteiger partial charge in [0.1, 0.15) is 29.1 Å². The van der Waals surface area contributed by atoms with Crippen molar-refractivity contribution in [2.24, 2.45) is 23.2 Å². The number of ether oxygens (including phenoxy) is 1. The van der Waals surface area contributed by atoms with Crippen molar-refractivity contribution in [2.45, 2.75) is 112 Å². The Kier molecular flexibility index (Phi) is 52.7. The molecule has 0 spiro atoms. The summed E-state index contributed by atoms with van der Waals surface area (Å²) in [4.78, 5) is 84.0. The number of alkyl halides is 1. The molecular formula is C96H101BBr6F5N6NaO25S7. The van der Waals surface area contributed by atoms with Gasteiger partial charge in [-0.15, -0.1) is 0 Å². The van der Waals surface area contributed by atoms with Crippen LogP contribution in [-0.4, -0.2) is 166 Å². The first-order valence-electron chi connectivity index (χ1n) is 42.3. The molecule has 1 aliphatic heterocycles. The van der Waals surface area contributed by atoms with Crippen LogP contribution in [0.15, 0.2) is 252 Å². The van der Waals surface area contributed by atoms with Crippen LogP contribution in [0.1, 0.15) is 181 Å². The van der Waals surface area contributed by atoms with Crippen molar-refractivity contribution in [3.05, 3.63) is 375 Å². The number of ketones is 5. The first-order valence-corrected chi connectivity index (χ1v) is 58.0. The molecule has 1 aliphatic rings. The summed E-state index contributed by atoms with van der Waals surface area (Å²) in [5.41, 5.74) is 7.79. The normalized spacial score (nSPS) is 13.1. The van der Waals surface area contributed by atoms with E-state index in [1.807, 2.05) is 67.5 Å². The SMILES string of the molecule is CN(C)S(=O)(=O)Cc1ccc(C(=O)c2ccc(F)cc2)c(Br)c1.CNS(=O)(=O)Cc1ccc(C(=O)c2ccc(F)cc2)c(Br)c1.COC(=O)CCS(=O)[O-].C[C@H](C[S@@](=O)C(C)(C)C)c1cc(=O)n(C)cc1B1OC(C)(C)C(C)(C)O1.NOS(=O)(=O)O.NS(=O)(=O)Cc1ccc(C(=O)c2ccc(F)cc2)c(Br)c1.NS(=O)(=O)Cc1ccc(C(=O)c2ccc(F)cc2)c(Br)c1.O=C(c1ccc(F)cc1)c1ccc(CBr)cc1Br.[Na+]. The van der Waals surface area contributed by atoms with E-state index in [1.165, 1.54) is 191 Å². The zero-order valence-corrected chi connectivity index (χ0v) is 98.3. The number of hydrogen-bond acceptors (Lipinski definition) is 25. The summed E-state index contributed by atoms with van der Waals surface area (Å²) in [6, 6.07) is 52.2. The molecule has 3 atom stereocenters. The van der Waals surface area contributed by atoms with Crippen LogP contribution in [0.3, 0.4) is 0 Å². The monoisotopic (exact) mass is 2560 g/mol. The molecule has 788 valence electrons. The molecule has 51 heteroatoms. The molecule has 1 aromatic heterocycles. The third kappa shape index (κ3) is 44.1. The van der Waals surface area contributed by atoms with E-state index >= 15 is 0 Å². The summed E-state index contributed by atoms with van der Waals surface area (Å²) >= 11 is 17.7. The second kappa shape index (κ2) is 58.9. The van der Waals surface area contributed by atoms with E-state index < -0.39 is 120 Å². The quantitative estimate of drug-likeness (QED) is 0.00425. The average molecular weight is 2570 g/mol. The number of halogens is 11. The fourth-order valence-electron chi connectivity index (χ4n) is 12.1. The smallest absolute Gasteiger partial charge is 0.772 e. The Morgan fingerprint density at radius 2 is 0.782 bits per heavy atom. The van der Waals surface area contributed by atoms with Crippen LogP contribution in [0.2, 0.25) is 0 Å². The molecule has 8 N–H and O–H groups in total. The second-order valence-corrected chi connectivity index (χ2v) is 50.1.